The van der Waals surface area contributed by atoms with Gasteiger partial charge in [0, 0.05) is 178 Å². The second kappa shape index (κ2) is 43.2. The van der Waals surface area contributed by atoms with E-state index in [2.05, 4.69) is 162 Å². The van der Waals surface area contributed by atoms with Crippen LogP contribution in [0.3, 0.4) is 0 Å². The lowest BCUT2D eigenvalue weighted by Crippen LogP contribution is -2.35. The first-order valence-electron chi connectivity index (χ1n) is 42.8. The van der Waals surface area contributed by atoms with E-state index in [4.69, 9.17) is 24.9 Å². The lowest BCUT2D eigenvalue weighted by molar-refractivity contribution is -0.136. The average Bonchev–Trinajstić information content (AvgIpc) is 1.59. The van der Waals surface area contributed by atoms with Crippen molar-refractivity contribution < 1.29 is 47.7 Å². The quantitative estimate of drug-likeness (QED) is 0.0267. The van der Waals surface area contributed by atoms with Crippen LogP contribution in [-0.4, -0.2) is 228 Å². The highest BCUT2D eigenvalue weighted by atomic mass is 19.1. The number of nitrogens with two attached hydrogens (primary N) is 1. The van der Waals surface area contributed by atoms with Gasteiger partial charge in [0.1, 0.15) is 17.0 Å². The van der Waals surface area contributed by atoms with E-state index in [0.29, 0.717) is 81.8 Å². The van der Waals surface area contributed by atoms with Gasteiger partial charge in [-0.15, -0.1) is 0 Å². The van der Waals surface area contributed by atoms with Gasteiger partial charge in [-0.1, -0.05) is 18.2 Å². The van der Waals surface area contributed by atoms with Crippen LogP contribution in [0.1, 0.15) is 50.1 Å². The van der Waals surface area contributed by atoms with Crippen LogP contribution in [0.15, 0.2) is 202 Å². The van der Waals surface area contributed by atoms with Crippen LogP contribution in [0.25, 0.3) is 134 Å². The van der Waals surface area contributed by atoms with Gasteiger partial charge < -0.3 is 65.8 Å². The van der Waals surface area contributed by atoms with Crippen molar-refractivity contribution in [3.8, 4) is 89.5 Å². The second-order valence-corrected chi connectivity index (χ2v) is 30.7. The van der Waals surface area contributed by atoms with E-state index < -0.39 is 23.9 Å². The number of aromatic amines is 4. The maximum absolute atomic E-state index is 14.5. The number of carboxylic acids is 1. The number of H-pyrrole nitrogens is 4. The molecule has 0 bridgehead atoms. The molecule has 4 aromatic carbocycles. The molecular formula is C94H97FN28O9. The number of hydrogen-bond acceptors (Lipinski definition) is 25. The number of nitrogens with zero attached hydrogens (tertiary/aromatic N) is 16. The number of rotatable bonds is 24. The number of aromatic nitrogens is 17. The zero-order valence-electron chi connectivity index (χ0n) is 73.2. The van der Waals surface area contributed by atoms with Crippen molar-refractivity contribution in [3.63, 3.8) is 0 Å². The van der Waals surface area contributed by atoms with Gasteiger partial charge in [0.2, 0.25) is 29.7 Å². The number of carboxylic acid groups (broad SMARTS) is 1. The third-order valence-corrected chi connectivity index (χ3v) is 20.8. The van der Waals surface area contributed by atoms with Crippen molar-refractivity contribution >= 4 is 104 Å². The Kier molecular flexibility index (Phi) is 29.7. The van der Waals surface area contributed by atoms with E-state index in [1.165, 1.54) is 23.9 Å². The van der Waals surface area contributed by atoms with Crippen molar-refractivity contribution in [2.75, 3.05) is 120 Å². The zero-order chi connectivity index (χ0) is 92.0. The Labute approximate surface area is 756 Å². The van der Waals surface area contributed by atoms with Crippen molar-refractivity contribution in [1.29, 1.82) is 0 Å². The number of imidazole rings is 4. The van der Waals surface area contributed by atoms with Gasteiger partial charge in [0.15, 0.2) is 0 Å². The summed E-state index contributed by atoms with van der Waals surface area (Å²) < 4.78 is 30.4. The largest absolute Gasteiger partial charge is 0.481 e. The van der Waals surface area contributed by atoms with Gasteiger partial charge in [-0.2, -0.15) is 0 Å². The first-order valence-corrected chi connectivity index (χ1v) is 42.8. The molecule has 2 aliphatic rings. The zero-order valence-corrected chi connectivity index (χ0v) is 73.2. The fourth-order valence-electron chi connectivity index (χ4n) is 14.9. The van der Waals surface area contributed by atoms with Crippen LogP contribution in [0.5, 0.6) is 0 Å². The number of benzene rings is 4. The van der Waals surface area contributed by atoms with Gasteiger partial charge >= 0.3 is 30.2 Å². The van der Waals surface area contributed by atoms with Gasteiger partial charge in [-0.25, -0.2) is 53.5 Å². The lowest BCUT2D eigenvalue weighted by atomic mass is 9.99. The van der Waals surface area contributed by atoms with Gasteiger partial charge in [-0.05, 0) is 196 Å². The highest BCUT2D eigenvalue weighted by molar-refractivity contribution is 6.02. The number of pyridine rings is 7. The molecule has 14 heterocycles. The minimum atomic E-state index is -0.920. The SMILES string of the molecule is CCNC(=O)Nc1nc2c(-c3cc(CN(C)C)ccn3)cc(-c3cncc(CC(=O)O)c3)cc2[nH]1.CCNC(=O)Nc1nc2c(-c3ccccn3)cc(-c3ccc(CN4CCOCC4)nc3)cc2[nH]1.CCNC(=O)Nc1nc2c(-c3ncccc3F)cc(-c3cnc(N)nc3)cc2[nH]1.CCOC(=O)Nc1nc2c(-c3cc(CN4CCOCC4)ccn3)cc(-c3cccnc3)cc2[nH]1. The monoisotopic (exact) mass is 1780 g/mol. The molecule has 0 aliphatic carbocycles. The molecule has 674 valence electrons. The molecule has 14 N–H and O–H groups in total. The molecule has 0 unspecified atom stereocenters. The molecular weight excluding hydrogens is 1680 g/mol. The Balaban J connectivity index is 0.000000135. The summed E-state index contributed by atoms with van der Waals surface area (Å²) in [5, 5.41) is 27.9. The highest BCUT2D eigenvalue weighted by Gasteiger charge is 2.24. The van der Waals surface area contributed by atoms with E-state index in [1.807, 2.05) is 131 Å². The molecule has 2 aliphatic heterocycles. The fraction of sp³-hybridized carbons (Fsp3) is 0.234. The predicted octanol–water partition coefficient (Wildman–Crippen LogP) is 14.2. The first-order chi connectivity index (χ1) is 64.2. The number of halogens is 1. The fourth-order valence-corrected chi connectivity index (χ4v) is 14.9. The number of carbonyl (C=O) groups excluding carboxylic acids is 4. The van der Waals surface area contributed by atoms with Crippen molar-refractivity contribution in [2.24, 2.45) is 0 Å². The summed E-state index contributed by atoms with van der Waals surface area (Å²) in [7, 11) is 4.01. The molecule has 2 fully saturated rings. The number of nitrogen functional groups attached to an aromatic ring is 1. The number of anilines is 5. The molecule has 0 spiro atoms. The van der Waals surface area contributed by atoms with Crippen LogP contribution in [0.2, 0.25) is 0 Å². The van der Waals surface area contributed by atoms with Gasteiger partial charge in [-0.3, -0.25) is 70.7 Å². The molecule has 12 aromatic heterocycles. The molecule has 132 heavy (non-hydrogen) atoms. The van der Waals surface area contributed by atoms with E-state index in [-0.39, 0.29) is 42.7 Å². The Morgan fingerprint density at radius 2 is 0.924 bits per heavy atom. The third-order valence-electron chi connectivity index (χ3n) is 20.8. The molecule has 2 saturated heterocycles. The maximum atomic E-state index is 14.5. The Hall–Kier alpha value is -16.0. The Morgan fingerprint density at radius 1 is 0.447 bits per heavy atom. The Bertz CT molecular complexity index is 6730. The number of morpholine rings is 2. The summed E-state index contributed by atoms with van der Waals surface area (Å²) in [5.41, 5.74) is 27.4. The van der Waals surface area contributed by atoms with Crippen molar-refractivity contribution in [2.45, 2.75) is 53.8 Å². The second-order valence-electron chi connectivity index (χ2n) is 30.7. The molecule has 7 amide bonds. The third kappa shape index (κ3) is 23.5. The summed E-state index contributed by atoms with van der Waals surface area (Å²) in [6.45, 7) is 18.2. The number of nitrogens with one attached hydrogen (secondary N) is 11. The molecule has 18 rings (SSSR count). The standard InChI is InChI=1S/C25H27N7O3.C25H27N7O2.C25H26N6O3.C19H17FN8O/c1-4-27-25(35)31-24-29-21-11-17(18-7-16(9-22(33)34)12-26-13-18)10-19(23(21)30-24)20-8-15(5-6-28-20)14-32(2)3;1-2-26-25(33)31-24-29-22-14-18(13-20(23(22)30-24)21-5-3-4-8-27-21)17-6-7-19(28-15-17)16-32-9-11-34-12-10-32;1-2-34-25(32)30-24-28-22-14-19(18-4-3-6-26-15-18)13-20(23(22)29-24)21-12-17(5-7-27-21)16-31-8-10-33-11-9-31;1-2-22-19(29)28-18-26-14-7-10(11-8-24-17(21)25-9-11)6-12(16(14)27-18)15-13(20)4-3-5-23-15/h5-8,10-13H,4,9,14H2,1-3H3,(H,33,34)(H3,27,29,30,31,35);3-8,13-15H,2,9-12,16H2,1H3,(H3,26,29,30,31,33);3-7,12-15H,2,8-11,16H2,1H3,(H2,28,29,30,32);3-9H,2H2,1H3,(H2,21,24,25)(H3,22,26,27,28,29). The average molecular weight is 1780 g/mol. The van der Waals surface area contributed by atoms with E-state index >= 15 is 0 Å². The van der Waals surface area contributed by atoms with E-state index in [1.54, 1.807) is 63.3 Å². The topological polar surface area (TPSA) is 484 Å². The minimum Gasteiger partial charge on any atom is -0.481 e. The number of fused-ring (bicyclic) bond motifs is 4. The summed E-state index contributed by atoms with van der Waals surface area (Å²) in [6.07, 6.45) is 18.1. The summed E-state index contributed by atoms with van der Waals surface area (Å²) in [4.78, 5) is 136. The Morgan fingerprint density at radius 3 is 1.43 bits per heavy atom. The van der Waals surface area contributed by atoms with E-state index in [0.717, 1.165) is 173 Å². The number of amides is 7. The van der Waals surface area contributed by atoms with Crippen LogP contribution < -0.4 is 43.0 Å². The molecule has 38 heteroatoms. The number of aliphatic carboxylic acids is 1. The van der Waals surface area contributed by atoms with Gasteiger partial charge in [0.05, 0.1) is 101 Å². The number of hydrogen-bond donors (Lipinski definition) is 13. The van der Waals surface area contributed by atoms with Crippen LogP contribution >= 0.6 is 0 Å². The number of urea groups is 3. The molecule has 37 nitrogen and oxygen atoms in total. The highest BCUT2D eigenvalue weighted by Crippen LogP contribution is 2.39. The van der Waals surface area contributed by atoms with Crippen LogP contribution in [0, 0.1) is 5.82 Å². The van der Waals surface area contributed by atoms with Crippen molar-refractivity contribution in [1.82, 2.24) is 115 Å². The van der Waals surface area contributed by atoms with E-state index in [9.17, 15) is 33.5 Å². The summed E-state index contributed by atoms with van der Waals surface area (Å²) >= 11 is 0. The lowest BCUT2D eigenvalue weighted by Gasteiger charge is -2.26. The maximum Gasteiger partial charge on any atom is 0.413 e. The molecule has 0 saturated carbocycles. The minimum absolute atomic E-state index is 0.116. The molecule has 16 aromatic rings. The summed E-state index contributed by atoms with van der Waals surface area (Å²) in [5.74, 6) is -0.00395. The number of ether oxygens (including phenoxy) is 3. The predicted molar refractivity (Wildman–Crippen MR) is 502 cm³/mol. The summed E-state index contributed by atoms with van der Waals surface area (Å²) in [6, 6.07) is 41.2. The van der Waals surface area contributed by atoms with Crippen LogP contribution in [0.4, 0.5) is 53.3 Å². The first kappa shape index (κ1) is 90.7. The van der Waals surface area contributed by atoms with Gasteiger partial charge in [0.25, 0.3) is 0 Å². The smallest absolute Gasteiger partial charge is 0.413 e. The molecule has 0 atom stereocenters. The van der Waals surface area contributed by atoms with Crippen LogP contribution in [-0.2, 0) is 45.1 Å². The molecule has 0 radical (unpaired) electrons. The normalized spacial score (nSPS) is 12.7. The number of carbonyl (C=O) groups is 5. The van der Waals surface area contributed by atoms with Crippen molar-refractivity contribution in [3.05, 3.63) is 230 Å².